The summed E-state index contributed by atoms with van der Waals surface area (Å²) in [5.41, 5.74) is 2.41. The SMILES string of the molecule is Cc1ccc(C(O)=C2C(=O)C(=O)N(CCC[NH+]3CCOCC3)C2c2cccnc2)cc1. The molecular weight excluding hydrogens is 394 g/mol. The van der Waals surface area contributed by atoms with Gasteiger partial charge in [0.2, 0.25) is 0 Å². The first-order chi connectivity index (χ1) is 15.1. The van der Waals surface area contributed by atoms with Gasteiger partial charge in [0.25, 0.3) is 11.7 Å². The number of likely N-dealkylation sites (tertiary alicyclic amines) is 1. The maximum absolute atomic E-state index is 13.0. The first-order valence-electron chi connectivity index (χ1n) is 10.7. The highest BCUT2D eigenvalue weighted by atomic mass is 16.5. The van der Waals surface area contributed by atoms with Crippen molar-refractivity contribution in [1.29, 1.82) is 0 Å². The quantitative estimate of drug-likeness (QED) is 0.414. The van der Waals surface area contributed by atoms with E-state index in [4.69, 9.17) is 4.74 Å². The number of benzene rings is 1. The van der Waals surface area contributed by atoms with E-state index in [-0.39, 0.29) is 11.3 Å². The fourth-order valence-electron chi connectivity index (χ4n) is 4.27. The molecule has 7 heteroatoms. The van der Waals surface area contributed by atoms with E-state index >= 15 is 0 Å². The molecule has 2 fully saturated rings. The lowest BCUT2D eigenvalue weighted by molar-refractivity contribution is -0.908. The van der Waals surface area contributed by atoms with Crippen molar-refractivity contribution in [1.82, 2.24) is 9.88 Å². The molecule has 1 atom stereocenters. The number of aliphatic hydroxyl groups excluding tert-OH is 1. The first kappa shape index (κ1) is 21.2. The molecule has 0 bridgehead atoms. The average molecular weight is 423 g/mol. The third-order valence-electron chi connectivity index (χ3n) is 5.99. The largest absolute Gasteiger partial charge is 0.507 e. The number of aromatic nitrogens is 1. The Morgan fingerprint density at radius 2 is 1.94 bits per heavy atom. The summed E-state index contributed by atoms with van der Waals surface area (Å²) in [6.45, 7) is 6.73. The Morgan fingerprint density at radius 3 is 2.61 bits per heavy atom. The van der Waals surface area contributed by atoms with Crippen molar-refractivity contribution in [2.75, 3.05) is 39.4 Å². The molecule has 0 aliphatic carbocycles. The number of aliphatic hydroxyl groups is 1. The number of pyridine rings is 1. The van der Waals surface area contributed by atoms with Crippen molar-refractivity contribution in [3.8, 4) is 0 Å². The Morgan fingerprint density at radius 1 is 1.19 bits per heavy atom. The lowest BCUT2D eigenvalue weighted by atomic mass is 9.96. The predicted molar refractivity (Wildman–Crippen MR) is 115 cm³/mol. The Labute approximate surface area is 182 Å². The van der Waals surface area contributed by atoms with Crippen LogP contribution in [-0.4, -0.2) is 66.1 Å². The molecule has 4 rings (SSSR count). The maximum Gasteiger partial charge on any atom is 0.295 e. The minimum Gasteiger partial charge on any atom is -0.507 e. The van der Waals surface area contributed by atoms with Crippen LogP contribution >= 0.6 is 0 Å². The topological polar surface area (TPSA) is 84.2 Å². The summed E-state index contributed by atoms with van der Waals surface area (Å²) in [5.74, 6) is -1.36. The number of morpholine rings is 1. The van der Waals surface area contributed by atoms with Crippen LogP contribution in [0.5, 0.6) is 0 Å². The van der Waals surface area contributed by atoms with Gasteiger partial charge in [-0.2, -0.15) is 0 Å². The van der Waals surface area contributed by atoms with Crippen LogP contribution in [0, 0.1) is 6.92 Å². The van der Waals surface area contributed by atoms with Crippen LogP contribution in [0.2, 0.25) is 0 Å². The zero-order valence-electron chi connectivity index (χ0n) is 17.7. The number of ketones is 1. The van der Waals surface area contributed by atoms with Crippen molar-refractivity contribution in [2.24, 2.45) is 0 Å². The van der Waals surface area contributed by atoms with Gasteiger partial charge in [0, 0.05) is 30.9 Å². The number of hydrogen-bond donors (Lipinski definition) is 2. The summed E-state index contributed by atoms with van der Waals surface area (Å²) in [6.07, 6.45) is 4.07. The predicted octanol–water partition coefficient (Wildman–Crippen LogP) is 1.12. The van der Waals surface area contributed by atoms with Gasteiger partial charge >= 0.3 is 0 Å². The van der Waals surface area contributed by atoms with E-state index in [0.717, 1.165) is 44.8 Å². The van der Waals surface area contributed by atoms with Gasteiger partial charge in [-0.3, -0.25) is 14.6 Å². The van der Waals surface area contributed by atoms with Crippen molar-refractivity contribution in [3.05, 3.63) is 71.1 Å². The molecule has 1 amide bonds. The zero-order chi connectivity index (χ0) is 21.8. The van der Waals surface area contributed by atoms with Gasteiger partial charge < -0.3 is 19.6 Å². The fourth-order valence-corrected chi connectivity index (χ4v) is 4.27. The van der Waals surface area contributed by atoms with E-state index in [0.29, 0.717) is 17.7 Å². The molecule has 0 saturated carbocycles. The minimum atomic E-state index is -0.648. The molecule has 0 radical (unpaired) electrons. The monoisotopic (exact) mass is 422 g/mol. The third kappa shape index (κ3) is 4.52. The van der Waals surface area contributed by atoms with Crippen LogP contribution in [0.25, 0.3) is 5.76 Å². The van der Waals surface area contributed by atoms with Gasteiger partial charge in [-0.25, -0.2) is 0 Å². The molecule has 7 nitrogen and oxygen atoms in total. The molecule has 2 aromatic rings. The minimum absolute atomic E-state index is 0.126. The zero-order valence-corrected chi connectivity index (χ0v) is 17.7. The van der Waals surface area contributed by atoms with E-state index < -0.39 is 17.7 Å². The molecule has 1 aromatic heterocycles. The van der Waals surface area contributed by atoms with Crippen LogP contribution in [0.15, 0.2) is 54.4 Å². The van der Waals surface area contributed by atoms with Crippen molar-refractivity contribution in [3.63, 3.8) is 0 Å². The van der Waals surface area contributed by atoms with Crippen LogP contribution in [0.4, 0.5) is 0 Å². The Kier molecular flexibility index (Phi) is 6.44. The highest BCUT2D eigenvalue weighted by molar-refractivity contribution is 6.46. The summed E-state index contributed by atoms with van der Waals surface area (Å²) < 4.78 is 5.40. The second kappa shape index (κ2) is 9.41. The van der Waals surface area contributed by atoms with Crippen LogP contribution in [-0.2, 0) is 14.3 Å². The number of amides is 1. The molecule has 2 N–H and O–H groups in total. The maximum atomic E-state index is 13.0. The molecule has 1 unspecified atom stereocenters. The summed E-state index contributed by atoms with van der Waals surface area (Å²) in [7, 11) is 0. The molecule has 162 valence electrons. The van der Waals surface area contributed by atoms with Crippen LogP contribution in [0.1, 0.15) is 29.2 Å². The standard InChI is InChI=1S/C24H27N3O4/c1-17-5-7-18(8-6-17)22(28)20-21(19-4-2-9-25-16-19)27(24(30)23(20)29)11-3-10-26-12-14-31-15-13-26/h2,4-9,16,21,28H,3,10-15H2,1H3/p+1. The number of nitrogens with one attached hydrogen (secondary N) is 1. The number of hydrogen-bond acceptors (Lipinski definition) is 5. The molecule has 31 heavy (non-hydrogen) atoms. The van der Waals surface area contributed by atoms with Crippen molar-refractivity contribution in [2.45, 2.75) is 19.4 Å². The molecule has 0 spiro atoms. The summed E-state index contributed by atoms with van der Waals surface area (Å²) in [4.78, 5) is 33.2. The molecular formula is C24H28N3O4+. The van der Waals surface area contributed by atoms with E-state index in [9.17, 15) is 14.7 Å². The van der Waals surface area contributed by atoms with Crippen LogP contribution < -0.4 is 4.90 Å². The average Bonchev–Trinajstić information content (AvgIpc) is 3.05. The number of Topliss-reactive ketones (excluding diaryl/α,β-unsaturated/α-hetero) is 1. The molecule has 2 aliphatic rings. The Hall–Kier alpha value is -3.03. The molecule has 2 aliphatic heterocycles. The van der Waals surface area contributed by atoms with E-state index in [2.05, 4.69) is 4.98 Å². The fraction of sp³-hybridized carbons (Fsp3) is 0.375. The molecule has 1 aromatic carbocycles. The van der Waals surface area contributed by atoms with Gasteiger partial charge in [-0.15, -0.1) is 0 Å². The number of ether oxygens (including phenoxy) is 1. The van der Waals surface area contributed by atoms with Gasteiger partial charge in [0.1, 0.15) is 18.8 Å². The van der Waals surface area contributed by atoms with Crippen molar-refractivity contribution >= 4 is 17.4 Å². The third-order valence-corrected chi connectivity index (χ3v) is 5.99. The van der Waals surface area contributed by atoms with E-state index in [1.807, 2.05) is 25.1 Å². The van der Waals surface area contributed by atoms with E-state index in [1.54, 1.807) is 35.5 Å². The first-order valence-corrected chi connectivity index (χ1v) is 10.7. The number of carbonyl (C=O) groups excluding carboxylic acids is 2. The number of nitrogens with zero attached hydrogens (tertiary/aromatic N) is 2. The summed E-state index contributed by atoms with van der Waals surface area (Å²) in [6, 6.07) is 10.2. The molecule has 3 heterocycles. The molecule has 2 saturated heterocycles. The second-order valence-electron chi connectivity index (χ2n) is 8.11. The Balaban J connectivity index is 1.64. The highest BCUT2D eigenvalue weighted by Gasteiger charge is 2.46. The lowest BCUT2D eigenvalue weighted by Crippen LogP contribution is -3.14. The lowest BCUT2D eigenvalue weighted by Gasteiger charge is -2.27. The smallest absolute Gasteiger partial charge is 0.295 e. The van der Waals surface area contributed by atoms with Gasteiger partial charge in [-0.05, 0) is 18.6 Å². The van der Waals surface area contributed by atoms with Crippen LogP contribution in [0.3, 0.4) is 0 Å². The normalized spacial score (nSPS) is 21.6. The number of rotatable bonds is 6. The van der Waals surface area contributed by atoms with Gasteiger partial charge in [0.05, 0.1) is 31.4 Å². The van der Waals surface area contributed by atoms with Gasteiger partial charge in [0.15, 0.2) is 0 Å². The number of carbonyl (C=O) groups is 2. The van der Waals surface area contributed by atoms with E-state index in [1.165, 1.54) is 4.90 Å². The summed E-state index contributed by atoms with van der Waals surface area (Å²) >= 11 is 0. The van der Waals surface area contributed by atoms with Crippen molar-refractivity contribution < 1.29 is 24.3 Å². The second-order valence-corrected chi connectivity index (χ2v) is 8.11. The highest BCUT2D eigenvalue weighted by Crippen LogP contribution is 2.39. The number of quaternary nitrogens is 1. The summed E-state index contributed by atoms with van der Waals surface area (Å²) in [5, 5.41) is 11.0. The van der Waals surface area contributed by atoms with Gasteiger partial charge in [-0.1, -0.05) is 35.9 Å². The Bertz CT molecular complexity index is 966. The number of aryl methyl sites for hydroxylation is 1.